The summed E-state index contributed by atoms with van der Waals surface area (Å²) < 4.78 is 5.18. The number of carbonyl (C=O) groups excluding carboxylic acids is 1. The minimum Gasteiger partial charge on any atom is -0.497 e. The Balaban J connectivity index is 1.67. The maximum atomic E-state index is 11.8. The van der Waals surface area contributed by atoms with E-state index in [0.717, 1.165) is 44.8 Å². The average Bonchev–Trinajstić information content (AvgIpc) is 2.98. The first-order valence-electron chi connectivity index (χ1n) is 6.91. The smallest absolute Gasteiger partial charge is 0.223 e. The second-order valence-electron chi connectivity index (χ2n) is 4.87. The molecule has 104 valence electrons. The average molecular weight is 262 g/mol. The number of hydrogen-bond acceptors (Lipinski definition) is 3. The van der Waals surface area contributed by atoms with Crippen molar-refractivity contribution in [1.29, 1.82) is 0 Å². The van der Waals surface area contributed by atoms with Gasteiger partial charge in [-0.3, -0.25) is 4.79 Å². The lowest BCUT2D eigenvalue weighted by atomic mass is 10.2. The van der Waals surface area contributed by atoms with E-state index in [1.54, 1.807) is 7.11 Å². The van der Waals surface area contributed by atoms with Crippen molar-refractivity contribution in [2.24, 2.45) is 0 Å². The van der Waals surface area contributed by atoms with Crippen molar-refractivity contribution in [3.05, 3.63) is 29.8 Å². The first-order chi connectivity index (χ1) is 9.29. The van der Waals surface area contributed by atoms with Crippen LogP contribution in [0.4, 0.5) is 0 Å². The Morgan fingerprint density at radius 2 is 2.16 bits per heavy atom. The van der Waals surface area contributed by atoms with Crippen molar-refractivity contribution in [1.82, 2.24) is 10.2 Å². The van der Waals surface area contributed by atoms with Gasteiger partial charge < -0.3 is 15.0 Å². The minimum atomic E-state index is 0.274. The number of nitrogens with one attached hydrogen (secondary N) is 1. The van der Waals surface area contributed by atoms with Gasteiger partial charge in [-0.15, -0.1) is 0 Å². The summed E-state index contributed by atoms with van der Waals surface area (Å²) in [6, 6.07) is 7.97. The number of benzene rings is 1. The first kappa shape index (κ1) is 13.9. The van der Waals surface area contributed by atoms with E-state index in [-0.39, 0.29) is 5.91 Å². The van der Waals surface area contributed by atoms with E-state index in [4.69, 9.17) is 4.74 Å². The third-order valence-corrected chi connectivity index (χ3v) is 3.44. The summed E-state index contributed by atoms with van der Waals surface area (Å²) in [5, 5.41) is 3.30. The van der Waals surface area contributed by atoms with Crippen molar-refractivity contribution in [3.8, 4) is 5.75 Å². The van der Waals surface area contributed by atoms with Crippen molar-refractivity contribution in [2.75, 3.05) is 26.7 Å². The maximum absolute atomic E-state index is 11.8. The molecule has 1 aromatic rings. The van der Waals surface area contributed by atoms with Crippen molar-refractivity contribution in [2.45, 2.75) is 25.8 Å². The van der Waals surface area contributed by atoms with E-state index in [1.807, 2.05) is 23.1 Å². The highest BCUT2D eigenvalue weighted by molar-refractivity contribution is 5.76. The van der Waals surface area contributed by atoms with Crippen molar-refractivity contribution in [3.63, 3.8) is 0 Å². The lowest BCUT2D eigenvalue weighted by Crippen LogP contribution is -2.30. The second-order valence-corrected chi connectivity index (χ2v) is 4.87. The molecule has 1 N–H and O–H groups in total. The molecule has 0 saturated carbocycles. The lowest BCUT2D eigenvalue weighted by Gasteiger charge is -2.15. The Labute approximate surface area is 114 Å². The van der Waals surface area contributed by atoms with Crippen LogP contribution in [0.1, 0.15) is 24.8 Å². The summed E-state index contributed by atoms with van der Waals surface area (Å²) in [7, 11) is 1.67. The standard InChI is InChI=1S/C15H22N2O2/c1-19-14-6-4-5-13(11-14)12-16-8-7-15(18)17-9-2-3-10-17/h4-6,11,16H,2-3,7-10,12H2,1H3. The van der Waals surface area contributed by atoms with Crippen LogP contribution in [0.2, 0.25) is 0 Å². The third-order valence-electron chi connectivity index (χ3n) is 3.44. The highest BCUT2D eigenvalue weighted by atomic mass is 16.5. The van der Waals surface area contributed by atoms with Gasteiger partial charge in [0.1, 0.15) is 5.75 Å². The minimum absolute atomic E-state index is 0.274. The second kappa shape index (κ2) is 7.14. The molecular weight excluding hydrogens is 240 g/mol. The molecule has 2 rings (SSSR count). The number of hydrogen-bond donors (Lipinski definition) is 1. The number of ether oxygens (including phenoxy) is 1. The van der Waals surface area contributed by atoms with Crippen molar-refractivity contribution >= 4 is 5.91 Å². The summed E-state index contributed by atoms with van der Waals surface area (Å²) in [5.74, 6) is 1.14. The van der Waals surface area contributed by atoms with Gasteiger partial charge in [0.15, 0.2) is 0 Å². The zero-order valence-corrected chi connectivity index (χ0v) is 11.5. The number of nitrogens with zero attached hydrogens (tertiary/aromatic N) is 1. The Morgan fingerprint density at radius 3 is 2.89 bits per heavy atom. The highest BCUT2D eigenvalue weighted by Crippen LogP contribution is 2.12. The van der Waals surface area contributed by atoms with E-state index in [2.05, 4.69) is 11.4 Å². The topological polar surface area (TPSA) is 41.6 Å². The van der Waals surface area contributed by atoms with Gasteiger partial charge in [-0.05, 0) is 30.5 Å². The molecule has 1 aromatic carbocycles. The van der Waals surface area contributed by atoms with E-state index in [9.17, 15) is 4.79 Å². The molecule has 0 radical (unpaired) electrons. The zero-order chi connectivity index (χ0) is 13.5. The molecule has 0 unspecified atom stereocenters. The largest absolute Gasteiger partial charge is 0.497 e. The SMILES string of the molecule is COc1cccc(CNCCC(=O)N2CCCC2)c1. The van der Waals surface area contributed by atoms with Crippen LogP contribution in [-0.4, -0.2) is 37.6 Å². The summed E-state index contributed by atoms with van der Waals surface area (Å²) in [4.78, 5) is 13.8. The summed E-state index contributed by atoms with van der Waals surface area (Å²) >= 11 is 0. The van der Waals surface area contributed by atoms with Crippen molar-refractivity contribution < 1.29 is 9.53 Å². The van der Waals surface area contributed by atoms with Gasteiger partial charge >= 0.3 is 0 Å². The van der Waals surface area contributed by atoms with E-state index < -0.39 is 0 Å². The van der Waals surface area contributed by atoms with Crippen LogP contribution in [0.15, 0.2) is 24.3 Å². The third kappa shape index (κ3) is 4.24. The van der Waals surface area contributed by atoms with E-state index in [0.29, 0.717) is 6.42 Å². The molecule has 0 aromatic heterocycles. The molecule has 4 nitrogen and oxygen atoms in total. The molecular formula is C15H22N2O2. The molecule has 0 bridgehead atoms. The zero-order valence-electron chi connectivity index (χ0n) is 11.5. The summed E-state index contributed by atoms with van der Waals surface area (Å²) in [6.45, 7) is 3.38. The molecule has 1 aliphatic heterocycles. The number of amides is 1. The quantitative estimate of drug-likeness (QED) is 0.795. The molecule has 1 heterocycles. The molecule has 1 amide bonds. The number of carbonyl (C=O) groups is 1. The van der Waals surface area contributed by atoms with Gasteiger partial charge in [0.2, 0.25) is 5.91 Å². The van der Waals surface area contributed by atoms with Crippen LogP contribution in [0.3, 0.4) is 0 Å². The molecule has 0 spiro atoms. The number of methoxy groups -OCH3 is 1. The van der Waals surface area contributed by atoms with Crippen LogP contribution in [-0.2, 0) is 11.3 Å². The lowest BCUT2D eigenvalue weighted by molar-refractivity contribution is -0.130. The predicted molar refractivity (Wildman–Crippen MR) is 75.1 cm³/mol. The van der Waals surface area contributed by atoms with Gasteiger partial charge in [-0.2, -0.15) is 0 Å². The first-order valence-corrected chi connectivity index (χ1v) is 6.91. The molecule has 1 aliphatic rings. The van der Waals surface area contributed by atoms with Crippen LogP contribution >= 0.6 is 0 Å². The molecule has 1 saturated heterocycles. The number of likely N-dealkylation sites (tertiary alicyclic amines) is 1. The fraction of sp³-hybridized carbons (Fsp3) is 0.533. The fourth-order valence-electron chi connectivity index (χ4n) is 2.34. The van der Waals surface area contributed by atoms with E-state index in [1.165, 1.54) is 5.56 Å². The van der Waals surface area contributed by atoms with Crippen LogP contribution in [0, 0.1) is 0 Å². The van der Waals surface area contributed by atoms with Crippen LogP contribution in [0.25, 0.3) is 0 Å². The summed E-state index contributed by atoms with van der Waals surface area (Å²) in [6.07, 6.45) is 2.90. The van der Waals surface area contributed by atoms with Gasteiger partial charge in [-0.1, -0.05) is 12.1 Å². The van der Waals surface area contributed by atoms with Gasteiger partial charge in [0.05, 0.1) is 7.11 Å². The monoisotopic (exact) mass is 262 g/mol. The van der Waals surface area contributed by atoms with Gasteiger partial charge in [-0.25, -0.2) is 0 Å². The molecule has 1 fully saturated rings. The normalized spacial score (nSPS) is 14.7. The fourth-order valence-corrected chi connectivity index (χ4v) is 2.34. The highest BCUT2D eigenvalue weighted by Gasteiger charge is 2.16. The van der Waals surface area contributed by atoms with Crippen LogP contribution < -0.4 is 10.1 Å². The molecule has 19 heavy (non-hydrogen) atoms. The Kier molecular flexibility index (Phi) is 5.21. The van der Waals surface area contributed by atoms with Crippen LogP contribution in [0.5, 0.6) is 5.75 Å². The predicted octanol–water partition coefficient (Wildman–Crippen LogP) is 1.80. The molecule has 0 atom stereocenters. The summed E-state index contributed by atoms with van der Waals surface area (Å²) in [5.41, 5.74) is 1.17. The maximum Gasteiger partial charge on any atom is 0.223 e. The molecule has 0 aliphatic carbocycles. The molecule has 4 heteroatoms. The number of rotatable bonds is 6. The Morgan fingerprint density at radius 1 is 1.37 bits per heavy atom. The van der Waals surface area contributed by atoms with Gasteiger partial charge in [0, 0.05) is 32.6 Å². The van der Waals surface area contributed by atoms with Gasteiger partial charge in [0.25, 0.3) is 0 Å². The Hall–Kier alpha value is -1.55. The Bertz CT molecular complexity index is 414. The van der Waals surface area contributed by atoms with E-state index >= 15 is 0 Å².